The number of anilines is 1. The molecule has 0 bridgehead atoms. The second-order valence-corrected chi connectivity index (χ2v) is 7.84. The van der Waals surface area contributed by atoms with Crippen LogP contribution in [-0.4, -0.2) is 24.7 Å². The van der Waals surface area contributed by atoms with Gasteiger partial charge in [0.05, 0.1) is 10.9 Å². The maximum Gasteiger partial charge on any atom is 0.244 e. The average molecular weight is 340 g/mol. The Morgan fingerprint density at radius 1 is 1.26 bits per heavy atom. The van der Waals surface area contributed by atoms with Crippen LogP contribution < -0.4 is 5.32 Å². The first-order chi connectivity index (χ1) is 10.7. The van der Waals surface area contributed by atoms with E-state index >= 15 is 0 Å². The van der Waals surface area contributed by atoms with Gasteiger partial charge in [-0.2, -0.15) is 0 Å². The molecule has 0 aliphatic heterocycles. The third-order valence-corrected chi connectivity index (χ3v) is 6.03. The summed E-state index contributed by atoms with van der Waals surface area (Å²) in [5, 5.41) is 3.74. The lowest BCUT2D eigenvalue weighted by atomic mass is 10.2. The van der Waals surface area contributed by atoms with E-state index in [0.29, 0.717) is 11.3 Å². The van der Waals surface area contributed by atoms with Crippen molar-refractivity contribution < 1.29 is 22.1 Å². The number of halogens is 1. The number of sulfone groups is 1. The van der Waals surface area contributed by atoms with E-state index in [0.717, 1.165) is 0 Å². The quantitative estimate of drug-likeness (QED) is 0.904. The number of amides is 1. The molecule has 2 rings (SSSR count). The molecule has 1 aromatic carbocycles. The summed E-state index contributed by atoms with van der Waals surface area (Å²) in [5.74, 6) is -1.08. The summed E-state index contributed by atoms with van der Waals surface area (Å²) in [4.78, 5) is 12.1. The van der Waals surface area contributed by atoms with Crippen molar-refractivity contribution in [2.24, 2.45) is 0 Å². The molecule has 0 radical (unpaired) electrons. The number of hydrogen-bond donors (Lipinski definition) is 1. The number of aryl methyl sites for hydroxylation is 1. The van der Waals surface area contributed by atoms with Gasteiger partial charge < -0.3 is 4.52 Å². The third-order valence-electron chi connectivity index (χ3n) is 3.57. The van der Waals surface area contributed by atoms with Crippen molar-refractivity contribution >= 4 is 21.6 Å². The normalized spacial score (nSPS) is 14.3. The molecule has 124 valence electrons. The topological polar surface area (TPSA) is 89.3 Å². The molecule has 0 aliphatic rings. The van der Waals surface area contributed by atoms with Crippen LogP contribution in [0.15, 0.2) is 34.9 Å². The summed E-state index contributed by atoms with van der Waals surface area (Å²) in [5.41, 5.74) is 0.983. The zero-order valence-electron chi connectivity index (χ0n) is 12.9. The van der Waals surface area contributed by atoms with Crippen molar-refractivity contribution in [3.8, 4) is 0 Å². The van der Waals surface area contributed by atoms with E-state index in [2.05, 4.69) is 10.5 Å². The molecule has 0 spiro atoms. The van der Waals surface area contributed by atoms with Gasteiger partial charge >= 0.3 is 0 Å². The van der Waals surface area contributed by atoms with Crippen LogP contribution in [0.5, 0.6) is 0 Å². The Bertz CT molecular complexity index is 799. The number of carbonyl (C=O) groups is 1. The third kappa shape index (κ3) is 3.76. The van der Waals surface area contributed by atoms with Crippen molar-refractivity contribution in [3.63, 3.8) is 0 Å². The monoisotopic (exact) mass is 340 g/mol. The lowest BCUT2D eigenvalue weighted by Crippen LogP contribution is -2.34. The minimum atomic E-state index is -3.81. The number of aromatic nitrogens is 1. The van der Waals surface area contributed by atoms with Gasteiger partial charge in [-0.15, -0.1) is 0 Å². The molecule has 2 atom stereocenters. The van der Waals surface area contributed by atoms with E-state index in [1.165, 1.54) is 44.2 Å². The smallest absolute Gasteiger partial charge is 0.244 e. The molecule has 0 unspecified atom stereocenters. The standard InChI is InChI=1S/C15H17FN2O4S/c1-9-8-14(22-18-9)17-15(19)11(3)23(20,21)10(2)12-4-6-13(16)7-5-12/h4-8,10-11H,1-3H3,(H,17,19)/t10-,11+/m0/s1. The summed E-state index contributed by atoms with van der Waals surface area (Å²) >= 11 is 0. The maximum absolute atomic E-state index is 12.9. The first kappa shape index (κ1) is 17.1. The Hall–Kier alpha value is -2.22. The summed E-state index contributed by atoms with van der Waals surface area (Å²) in [6, 6.07) is 6.64. The molecule has 0 fully saturated rings. The predicted octanol–water partition coefficient (Wildman–Crippen LogP) is 2.63. The van der Waals surface area contributed by atoms with Gasteiger partial charge in [-0.3, -0.25) is 10.1 Å². The SMILES string of the molecule is Cc1cc(NC(=O)[C@@H](C)S(=O)(=O)[C@@H](C)c2ccc(F)cc2)on1. The molecule has 0 aliphatic carbocycles. The first-order valence-electron chi connectivity index (χ1n) is 6.94. The molecule has 1 aromatic heterocycles. The second kappa shape index (κ2) is 6.49. The molecule has 1 N–H and O–H groups in total. The van der Waals surface area contributed by atoms with Gasteiger partial charge in [-0.1, -0.05) is 17.3 Å². The van der Waals surface area contributed by atoms with Crippen LogP contribution in [0.1, 0.15) is 30.4 Å². The van der Waals surface area contributed by atoms with E-state index in [-0.39, 0.29) is 5.88 Å². The number of nitrogens with zero attached hydrogens (tertiary/aromatic N) is 1. The Balaban J connectivity index is 2.16. The Morgan fingerprint density at radius 2 is 1.87 bits per heavy atom. The molecule has 0 saturated carbocycles. The summed E-state index contributed by atoms with van der Waals surface area (Å²) in [6.07, 6.45) is 0. The first-order valence-corrected chi connectivity index (χ1v) is 8.55. The minimum Gasteiger partial charge on any atom is -0.338 e. The van der Waals surface area contributed by atoms with Crippen molar-refractivity contribution in [3.05, 3.63) is 47.4 Å². The Morgan fingerprint density at radius 3 is 2.39 bits per heavy atom. The highest BCUT2D eigenvalue weighted by molar-refractivity contribution is 7.93. The van der Waals surface area contributed by atoms with Gasteiger partial charge in [-0.05, 0) is 38.5 Å². The van der Waals surface area contributed by atoms with Crippen LogP contribution >= 0.6 is 0 Å². The molecule has 2 aromatic rings. The lowest BCUT2D eigenvalue weighted by molar-refractivity contribution is -0.115. The summed E-state index contributed by atoms with van der Waals surface area (Å²) < 4.78 is 42.9. The Labute approximate surface area is 133 Å². The van der Waals surface area contributed by atoms with E-state index in [9.17, 15) is 17.6 Å². The van der Waals surface area contributed by atoms with Gasteiger partial charge in [0, 0.05) is 6.07 Å². The number of carbonyl (C=O) groups excluding carboxylic acids is 1. The highest BCUT2D eigenvalue weighted by atomic mass is 32.2. The molecular formula is C15H17FN2O4S. The average Bonchev–Trinajstić information content (AvgIpc) is 2.91. The molecule has 23 heavy (non-hydrogen) atoms. The largest absolute Gasteiger partial charge is 0.338 e. The van der Waals surface area contributed by atoms with Gasteiger partial charge in [-0.25, -0.2) is 12.8 Å². The lowest BCUT2D eigenvalue weighted by Gasteiger charge is -2.18. The van der Waals surface area contributed by atoms with Crippen molar-refractivity contribution in [1.82, 2.24) is 5.16 Å². The van der Waals surface area contributed by atoms with Crippen molar-refractivity contribution in [2.45, 2.75) is 31.3 Å². The van der Waals surface area contributed by atoms with Crippen molar-refractivity contribution in [2.75, 3.05) is 5.32 Å². The van der Waals surface area contributed by atoms with Crippen LogP contribution in [0.25, 0.3) is 0 Å². The number of hydrogen-bond acceptors (Lipinski definition) is 5. The molecule has 1 heterocycles. The van der Waals surface area contributed by atoms with Crippen LogP contribution in [0, 0.1) is 12.7 Å². The zero-order valence-corrected chi connectivity index (χ0v) is 13.7. The molecule has 0 saturated heterocycles. The molecule has 1 amide bonds. The number of nitrogens with one attached hydrogen (secondary N) is 1. The highest BCUT2D eigenvalue weighted by Crippen LogP contribution is 2.26. The minimum absolute atomic E-state index is 0.0870. The van der Waals surface area contributed by atoms with Gasteiger partial charge in [0.25, 0.3) is 0 Å². The molecule has 6 nitrogen and oxygen atoms in total. The fourth-order valence-corrected chi connectivity index (χ4v) is 3.53. The van der Waals surface area contributed by atoms with Crippen molar-refractivity contribution in [1.29, 1.82) is 0 Å². The number of benzene rings is 1. The van der Waals surface area contributed by atoms with Gasteiger partial charge in [0.2, 0.25) is 11.8 Å². The summed E-state index contributed by atoms with van der Waals surface area (Å²) in [6.45, 7) is 4.44. The molecule has 8 heteroatoms. The van der Waals surface area contributed by atoms with E-state index in [1.54, 1.807) is 6.92 Å². The zero-order chi connectivity index (χ0) is 17.2. The van der Waals surface area contributed by atoms with Crippen LogP contribution in [-0.2, 0) is 14.6 Å². The Kier molecular flexibility index (Phi) is 4.84. The fourth-order valence-electron chi connectivity index (χ4n) is 2.02. The van der Waals surface area contributed by atoms with Gasteiger partial charge in [0.15, 0.2) is 9.84 Å². The summed E-state index contributed by atoms with van der Waals surface area (Å²) in [7, 11) is -3.81. The van der Waals surface area contributed by atoms with E-state index < -0.39 is 32.1 Å². The van der Waals surface area contributed by atoms with Crippen LogP contribution in [0.2, 0.25) is 0 Å². The van der Waals surface area contributed by atoms with Crippen LogP contribution in [0.3, 0.4) is 0 Å². The van der Waals surface area contributed by atoms with Crippen LogP contribution in [0.4, 0.5) is 10.3 Å². The van der Waals surface area contributed by atoms with E-state index in [1.807, 2.05) is 0 Å². The number of rotatable bonds is 5. The molecular weight excluding hydrogens is 323 g/mol. The second-order valence-electron chi connectivity index (χ2n) is 5.25. The highest BCUT2D eigenvalue weighted by Gasteiger charge is 2.34. The predicted molar refractivity (Wildman–Crippen MR) is 83.1 cm³/mol. The maximum atomic E-state index is 12.9. The van der Waals surface area contributed by atoms with Gasteiger partial charge in [0.1, 0.15) is 11.1 Å². The van der Waals surface area contributed by atoms with E-state index in [4.69, 9.17) is 4.52 Å². The fraction of sp³-hybridized carbons (Fsp3) is 0.333.